The van der Waals surface area contributed by atoms with Gasteiger partial charge in [0.05, 0.1) is 0 Å². The second-order valence-electron chi connectivity index (χ2n) is 3.03. The summed E-state index contributed by atoms with van der Waals surface area (Å²) >= 11 is 0. The van der Waals surface area contributed by atoms with E-state index >= 15 is 0 Å². The van der Waals surface area contributed by atoms with E-state index in [4.69, 9.17) is 0 Å². The molecular formula is C9H17N. The fourth-order valence-electron chi connectivity index (χ4n) is 0.524. The number of nitrogens with one attached hydrogen (secondary N) is 1. The van der Waals surface area contributed by atoms with Crippen LogP contribution in [0.2, 0.25) is 0 Å². The van der Waals surface area contributed by atoms with Gasteiger partial charge in [0.25, 0.3) is 0 Å². The van der Waals surface area contributed by atoms with Gasteiger partial charge in [0.1, 0.15) is 0 Å². The lowest BCUT2D eigenvalue weighted by atomic mass is 10.0. The molecule has 0 aromatic heterocycles. The smallest absolute Gasteiger partial charge is 0.0214 e. The summed E-state index contributed by atoms with van der Waals surface area (Å²) in [5, 5.41) is 3.35. The molecule has 1 nitrogen and oxygen atoms in total. The van der Waals surface area contributed by atoms with E-state index in [9.17, 15) is 0 Å². The van der Waals surface area contributed by atoms with E-state index in [0.717, 1.165) is 13.0 Å². The molecular weight excluding hydrogens is 122 g/mol. The molecule has 0 aliphatic rings. The van der Waals surface area contributed by atoms with Crippen LogP contribution in [0, 0.1) is 0 Å². The average molecular weight is 139 g/mol. The van der Waals surface area contributed by atoms with Crippen molar-refractivity contribution in [3.63, 3.8) is 0 Å². The van der Waals surface area contributed by atoms with Gasteiger partial charge >= 0.3 is 0 Å². The molecule has 0 spiro atoms. The summed E-state index contributed by atoms with van der Waals surface area (Å²) in [5.74, 6) is 0. The van der Waals surface area contributed by atoms with E-state index in [-0.39, 0.29) is 5.54 Å². The van der Waals surface area contributed by atoms with Crippen molar-refractivity contribution in [1.82, 2.24) is 5.32 Å². The molecule has 0 aromatic carbocycles. The zero-order valence-electron chi connectivity index (χ0n) is 7.20. The highest BCUT2D eigenvalue weighted by Crippen LogP contribution is 2.05. The first-order valence-corrected chi connectivity index (χ1v) is 3.71. The molecule has 0 radical (unpaired) electrons. The molecule has 0 rings (SSSR count). The molecule has 0 aliphatic carbocycles. The summed E-state index contributed by atoms with van der Waals surface area (Å²) in [6.45, 7) is 10.9. The first kappa shape index (κ1) is 9.48. The van der Waals surface area contributed by atoms with Gasteiger partial charge in [0.15, 0.2) is 0 Å². The molecule has 1 N–H and O–H groups in total. The van der Waals surface area contributed by atoms with Crippen LogP contribution in [0.5, 0.6) is 0 Å². The molecule has 0 unspecified atom stereocenters. The van der Waals surface area contributed by atoms with E-state index in [1.54, 1.807) is 0 Å². The molecule has 0 bridgehead atoms. The van der Waals surface area contributed by atoms with E-state index in [1.807, 2.05) is 6.08 Å². The van der Waals surface area contributed by atoms with E-state index in [0.29, 0.717) is 0 Å². The highest BCUT2D eigenvalue weighted by Gasteiger charge is 2.11. The Labute approximate surface area is 63.8 Å². The summed E-state index contributed by atoms with van der Waals surface area (Å²) in [7, 11) is 0. The molecule has 0 atom stereocenters. The van der Waals surface area contributed by atoms with Crippen molar-refractivity contribution < 1.29 is 0 Å². The van der Waals surface area contributed by atoms with Gasteiger partial charge in [-0.1, -0.05) is 13.5 Å². The quantitative estimate of drug-likeness (QED) is 0.588. The highest BCUT2D eigenvalue weighted by molar-refractivity contribution is 4.84. The van der Waals surface area contributed by atoms with Gasteiger partial charge in [-0.15, -0.1) is 5.73 Å². The van der Waals surface area contributed by atoms with E-state index < -0.39 is 0 Å². The van der Waals surface area contributed by atoms with Crippen LogP contribution in [0.3, 0.4) is 0 Å². The maximum atomic E-state index is 3.49. The molecule has 0 saturated heterocycles. The van der Waals surface area contributed by atoms with Crippen molar-refractivity contribution >= 4 is 0 Å². The normalized spacial score (nSPS) is 10.7. The molecule has 0 aliphatic heterocycles. The number of rotatable bonds is 4. The predicted octanol–water partition coefficient (Wildman–Crippen LogP) is 2.11. The summed E-state index contributed by atoms with van der Waals surface area (Å²) < 4.78 is 0. The zero-order chi connectivity index (χ0) is 8.04. The Morgan fingerprint density at radius 3 is 2.60 bits per heavy atom. The van der Waals surface area contributed by atoms with Crippen molar-refractivity contribution in [2.75, 3.05) is 6.54 Å². The monoisotopic (exact) mass is 139 g/mol. The largest absolute Gasteiger partial charge is 0.308 e. The van der Waals surface area contributed by atoms with E-state index in [1.165, 1.54) is 0 Å². The lowest BCUT2D eigenvalue weighted by Gasteiger charge is -2.23. The highest BCUT2D eigenvalue weighted by atomic mass is 14.9. The summed E-state index contributed by atoms with van der Waals surface area (Å²) in [5.41, 5.74) is 2.97. The number of hydrogen-bond acceptors (Lipinski definition) is 1. The Hall–Kier alpha value is -0.520. The third kappa shape index (κ3) is 4.37. The molecule has 58 valence electrons. The van der Waals surface area contributed by atoms with E-state index in [2.05, 4.69) is 38.4 Å². The van der Waals surface area contributed by atoms with Crippen LogP contribution in [0.15, 0.2) is 18.4 Å². The minimum absolute atomic E-state index is 0.243. The van der Waals surface area contributed by atoms with Crippen LogP contribution >= 0.6 is 0 Å². The van der Waals surface area contributed by atoms with Crippen LogP contribution < -0.4 is 5.32 Å². The predicted molar refractivity (Wildman–Crippen MR) is 46.1 cm³/mol. The van der Waals surface area contributed by atoms with Crippen molar-refractivity contribution in [2.45, 2.75) is 32.7 Å². The van der Waals surface area contributed by atoms with Gasteiger partial charge in [0, 0.05) is 12.1 Å². The van der Waals surface area contributed by atoms with Crippen LogP contribution in [0.1, 0.15) is 27.2 Å². The van der Waals surface area contributed by atoms with Crippen LogP contribution in [0.25, 0.3) is 0 Å². The van der Waals surface area contributed by atoms with Gasteiger partial charge in [-0.3, -0.25) is 0 Å². The van der Waals surface area contributed by atoms with Crippen molar-refractivity contribution in [3.05, 3.63) is 18.4 Å². The molecule has 0 saturated carbocycles. The van der Waals surface area contributed by atoms with Crippen molar-refractivity contribution in [1.29, 1.82) is 0 Å². The van der Waals surface area contributed by atoms with Gasteiger partial charge in [-0.25, -0.2) is 0 Å². The lowest BCUT2D eigenvalue weighted by Crippen LogP contribution is -2.38. The Balaban J connectivity index is 3.56. The molecule has 0 aromatic rings. The molecule has 1 heteroatoms. The van der Waals surface area contributed by atoms with Crippen LogP contribution in [0.4, 0.5) is 0 Å². The van der Waals surface area contributed by atoms with Gasteiger partial charge < -0.3 is 5.32 Å². The maximum absolute atomic E-state index is 3.49. The third-order valence-corrected chi connectivity index (χ3v) is 1.71. The van der Waals surface area contributed by atoms with Crippen molar-refractivity contribution in [2.24, 2.45) is 0 Å². The van der Waals surface area contributed by atoms with Crippen LogP contribution in [-0.2, 0) is 0 Å². The van der Waals surface area contributed by atoms with Gasteiger partial charge in [-0.05, 0) is 26.3 Å². The first-order chi connectivity index (χ1) is 4.62. The SMILES string of the molecule is C=C=CCNC(C)(C)CC. The molecule has 0 fully saturated rings. The van der Waals surface area contributed by atoms with Crippen molar-refractivity contribution in [3.8, 4) is 0 Å². The Kier molecular flexibility index (Phi) is 4.10. The zero-order valence-corrected chi connectivity index (χ0v) is 7.20. The van der Waals surface area contributed by atoms with Gasteiger partial charge in [-0.2, -0.15) is 0 Å². The Morgan fingerprint density at radius 1 is 1.60 bits per heavy atom. The Bertz CT molecular complexity index is 130. The summed E-state index contributed by atoms with van der Waals surface area (Å²) in [6.07, 6.45) is 3.04. The molecule has 10 heavy (non-hydrogen) atoms. The first-order valence-electron chi connectivity index (χ1n) is 3.71. The second-order valence-corrected chi connectivity index (χ2v) is 3.03. The summed E-state index contributed by atoms with van der Waals surface area (Å²) in [6, 6.07) is 0. The van der Waals surface area contributed by atoms with Gasteiger partial charge in [0.2, 0.25) is 0 Å². The standard InChI is InChI=1S/C9H17N/c1-5-7-8-10-9(3,4)6-2/h7,10H,1,6,8H2,2-4H3. The topological polar surface area (TPSA) is 12.0 Å². The molecule has 0 amide bonds. The lowest BCUT2D eigenvalue weighted by molar-refractivity contribution is 0.395. The fourth-order valence-corrected chi connectivity index (χ4v) is 0.524. The third-order valence-electron chi connectivity index (χ3n) is 1.71. The Morgan fingerprint density at radius 2 is 2.20 bits per heavy atom. The maximum Gasteiger partial charge on any atom is 0.0214 e. The minimum atomic E-state index is 0.243. The van der Waals surface area contributed by atoms with Crippen LogP contribution in [-0.4, -0.2) is 12.1 Å². The second kappa shape index (κ2) is 4.32. The fraction of sp³-hybridized carbons (Fsp3) is 0.667. The minimum Gasteiger partial charge on any atom is -0.308 e. The number of hydrogen-bond donors (Lipinski definition) is 1. The summed E-state index contributed by atoms with van der Waals surface area (Å²) in [4.78, 5) is 0. The average Bonchev–Trinajstić information content (AvgIpc) is 1.89. The molecule has 0 heterocycles.